The van der Waals surface area contributed by atoms with E-state index in [4.69, 9.17) is 14.2 Å². The van der Waals surface area contributed by atoms with Crippen molar-refractivity contribution < 1.29 is 14.2 Å². The van der Waals surface area contributed by atoms with E-state index in [1.54, 1.807) is 13.4 Å². The van der Waals surface area contributed by atoms with Gasteiger partial charge in [0, 0.05) is 5.57 Å². The van der Waals surface area contributed by atoms with Gasteiger partial charge >= 0.3 is 0 Å². The molecule has 0 saturated heterocycles. The van der Waals surface area contributed by atoms with Crippen LogP contribution in [0.25, 0.3) is 0 Å². The molecule has 0 saturated carbocycles. The SMILES string of the molecule is COC1=C(C2=COC=CO2)CCC=C1. The molecule has 0 aromatic rings. The predicted octanol–water partition coefficient (Wildman–Crippen LogP) is 2.60. The highest BCUT2D eigenvalue weighted by Gasteiger charge is 2.16. The standard InChI is InChI=1S/C11H12O3/c1-12-10-5-3-2-4-9(10)11-8-13-6-7-14-11/h3,5-8H,2,4H2,1H3. The van der Waals surface area contributed by atoms with Crippen molar-refractivity contribution in [3.8, 4) is 0 Å². The molecule has 3 heteroatoms. The first-order valence-corrected chi connectivity index (χ1v) is 4.53. The van der Waals surface area contributed by atoms with Gasteiger partial charge in [-0.05, 0) is 18.9 Å². The summed E-state index contributed by atoms with van der Waals surface area (Å²) in [7, 11) is 1.66. The van der Waals surface area contributed by atoms with Crippen molar-refractivity contribution >= 4 is 0 Å². The Bertz CT molecular complexity index is 334. The van der Waals surface area contributed by atoms with Gasteiger partial charge in [0.05, 0.1) is 7.11 Å². The maximum absolute atomic E-state index is 5.33. The maximum atomic E-state index is 5.33. The molecule has 0 spiro atoms. The minimum atomic E-state index is 0.730. The fraction of sp³-hybridized carbons (Fsp3) is 0.273. The van der Waals surface area contributed by atoms with Gasteiger partial charge in [-0.3, -0.25) is 0 Å². The lowest BCUT2D eigenvalue weighted by molar-refractivity contribution is 0.250. The van der Waals surface area contributed by atoms with Crippen LogP contribution < -0.4 is 0 Å². The van der Waals surface area contributed by atoms with Crippen LogP contribution in [0.3, 0.4) is 0 Å². The minimum absolute atomic E-state index is 0.730. The van der Waals surface area contributed by atoms with Gasteiger partial charge in [0.2, 0.25) is 0 Å². The molecule has 0 aromatic carbocycles. The van der Waals surface area contributed by atoms with Crippen molar-refractivity contribution in [3.63, 3.8) is 0 Å². The first-order chi connectivity index (χ1) is 6.92. The highest BCUT2D eigenvalue weighted by atomic mass is 16.5. The smallest absolute Gasteiger partial charge is 0.168 e. The molecule has 14 heavy (non-hydrogen) atoms. The van der Waals surface area contributed by atoms with Crippen LogP contribution in [0.5, 0.6) is 0 Å². The van der Waals surface area contributed by atoms with Crippen LogP contribution in [0, 0.1) is 0 Å². The molecule has 1 aliphatic heterocycles. The zero-order valence-electron chi connectivity index (χ0n) is 8.03. The van der Waals surface area contributed by atoms with Gasteiger partial charge in [-0.15, -0.1) is 0 Å². The zero-order chi connectivity index (χ0) is 9.80. The molecule has 1 aliphatic carbocycles. The van der Waals surface area contributed by atoms with Crippen molar-refractivity contribution in [1.82, 2.24) is 0 Å². The highest BCUT2D eigenvalue weighted by Crippen LogP contribution is 2.28. The fourth-order valence-electron chi connectivity index (χ4n) is 1.48. The molecular weight excluding hydrogens is 180 g/mol. The molecule has 0 radical (unpaired) electrons. The number of rotatable bonds is 2. The summed E-state index contributed by atoms with van der Waals surface area (Å²) in [5, 5.41) is 0. The average molecular weight is 192 g/mol. The molecular formula is C11H12O3. The lowest BCUT2D eigenvalue weighted by atomic mass is 10.0. The van der Waals surface area contributed by atoms with Gasteiger partial charge in [0.15, 0.2) is 5.76 Å². The predicted molar refractivity (Wildman–Crippen MR) is 51.8 cm³/mol. The average Bonchev–Trinajstić information content (AvgIpc) is 2.30. The monoisotopic (exact) mass is 192 g/mol. The summed E-state index contributed by atoms with van der Waals surface area (Å²) < 4.78 is 15.6. The maximum Gasteiger partial charge on any atom is 0.168 e. The van der Waals surface area contributed by atoms with Crippen molar-refractivity contribution in [2.24, 2.45) is 0 Å². The van der Waals surface area contributed by atoms with Crippen LogP contribution in [0.4, 0.5) is 0 Å². The Hall–Kier alpha value is -1.64. The zero-order valence-corrected chi connectivity index (χ0v) is 8.03. The molecule has 0 unspecified atom stereocenters. The third-order valence-electron chi connectivity index (χ3n) is 2.15. The van der Waals surface area contributed by atoms with Crippen LogP contribution in [0.1, 0.15) is 12.8 Å². The Balaban J connectivity index is 2.26. The van der Waals surface area contributed by atoms with Crippen LogP contribution in [-0.2, 0) is 14.2 Å². The lowest BCUT2D eigenvalue weighted by Gasteiger charge is -2.17. The van der Waals surface area contributed by atoms with Crippen LogP contribution in [-0.4, -0.2) is 7.11 Å². The molecule has 0 aromatic heterocycles. The molecule has 2 rings (SSSR count). The summed E-state index contributed by atoms with van der Waals surface area (Å²) in [6, 6.07) is 0. The number of hydrogen-bond donors (Lipinski definition) is 0. The largest absolute Gasteiger partial charge is 0.496 e. The van der Waals surface area contributed by atoms with E-state index in [0.29, 0.717) is 0 Å². The topological polar surface area (TPSA) is 27.7 Å². The molecule has 0 atom stereocenters. The summed E-state index contributed by atoms with van der Waals surface area (Å²) in [5.41, 5.74) is 1.05. The summed E-state index contributed by atoms with van der Waals surface area (Å²) >= 11 is 0. The highest BCUT2D eigenvalue weighted by molar-refractivity contribution is 5.36. The molecule has 0 fully saturated rings. The summed E-state index contributed by atoms with van der Waals surface area (Å²) in [6.45, 7) is 0. The van der Waals surface area contributed by atoms with E-state index >= 15 is 0 Å². The van der Waals surface area contributed by atoms with Gasteiger partial charge in [0.1, 0.15) is 24.5 Å². The second kappa shape index (κ2) is 4.05. The Morgan fingerprint density at radius 1 is 1.36 bits per heavy atom. The van der Waals surface area contributed by atoms with Crippen molar-refractivity contribution in [2.45, 2.75) is 12.8 Å². The van der Waals surface area contributed by atoms with Gasteiger partial charge in [-0.1, -0.05) is 6.08 Å². The quantitative estimate of drug-likeness (QED) is 0.673. The van der Waals surface area contributed by atoms with E-state index in [9.17, 15) is 0 Å². The summed E-state index contributed by atoms with van der Waals surface area (Å²) in [5.74, 6) is 1.58. The van der Waals surface area contributed by atoms with Crippen LogP contribution in [0.15, 0.2) is 48.0 Å². The first kappa shape index (κ1) is 8.94. The minimum Gasteiger partial charge on any atom is -0.496 e. The number of methoxy groups -OCH3 is 1. The molecule has 74 valence electrons. The fourth-order valence-corrected chi connectivity index (χ4v) is 1.48. The van der Waals surface area contributed by atoms with Crippen LogP contribution in [0.2, 0.25) is 0 Å². The lowest BCUT2D eigenvalue weighted by Crippen LogP contribution is -2.03. The van der Waals surface area contributed by atoms with Gasteiger partial charge in [-0.25, -0.2) is 0 Å². The number of ether oxygens (including phenoxy) is 3. The van der Waals surface area contributed by atoms with Crippen molar-refractivity contribution in [3.05, 3.63) is 48.0 Å². The Kier molecular flexibility index (Phi) is 2.58. The third kappa shape index (κ3) is 1.66. The molecule has 3 nitrogen and oxygen atoms in total. The molecule has 2 aliphatic rings. The second-order valence-electron chi connectivity index (χ2n) is 3.00. The molecule has 0 amide bonds. The van der Waals surface area contributed by atoms with E-state index in [2.05, 4.69) is 6.08 Å². The van der Waals surface area contributed by atoms with E-state index in [1.807, 2.05) is 6.08 Å². The first-order valence-electron chi connectivity index (χ1n) is 4.53. The number of hydrogen-bond acceptors (Lipinski definition) is 3. The van der Waals surface area contributed by atoms with E-state index < -0.39 is 0 Å². The molecule has 0 bridgehead atoms. The Morgan fingerprint density at radius 2 is 2.29 bits per heavy atom. The van der Waals surface area contributed by atoms with E-state index in [-0.39, 0.29) is 0 Å². The summed E-state index contributed by atoms with van der Waals surface area (Å²) in [4.78, 5) is 0. The second-order valence-corrected chi connectivity index (χ2v) is 3.00. The Morgan fingerprint density at radius 3 is 3.00 bits per heavy atom. The summed E-state index contributed by atoms with van der Waals surface area (Å²) in [6.07, 6.45) is 10.6. The number of allylic oxidation sites excluding steroid dienone is 3. The van der Waals surface area contributed by atoms with E-state index in [1.165, 1.54) is 12.5 Å². The van der Waals surface area contributed by atoms with Crippen molar-refractivity contribution in [2.75, 3.05) is 7.11 Å². The van der Waals surface area contributed by atoms with E-state index in [0.717, 1.165) is 29.9 Å². The normalized spacial score (nSPS) is 19.9. The van der Waals surface area contributed by atoms with Crippen LogP contribution >= 0.6 is 0 Å². The Labute approximate surface area is 83.0 Å². The van der Waals surface area contributed by atoms with Crippen molar-refractivity contribution in [1.29, 1.82) is 0 Å². The third-order valence-corrected chi connectivity index (χ3v) is 2.15. The molecule has 0 N–H and O–H groups in total. The molecule has 1 heterocycles. The van der Waals surface area contributed by atoms with Gasteiger partial charge in [-0.2, -0.15) is 0 Å². The van der Waals surface area contributed by atoms with Gasteiger partial charge < -0.3 is 14.2 Å². The van der Waals surface area contributed by atoms with Gasteiger partial charge in [0.25, 0.3) is 0 Å².